The molecular formula is C18H24N6O2. The van der Waals surface area contributed by atoms with E-state index >= 15 is 0 Å². The number of hydrogen-bond acceptors (Lipinski definition) is 5. The van der Waals surface area contributed by atoms with Crippen molar-refractivity contribution >= 4 is 11.8 Å². The van der Waals surface area contributed by atoms with Crippen LogP contribution in [0.1, 0.15) is 51.2 Å². The van der Waals surface area contributed by atoms with E-state index < -0.39 is 12.1 Å². The maximum absolute atomic E-state index is 13.2. The van der Waals surface area contributed by atoms with Crippen molar-refractivity contribution in [2.24, 2.45) is 0 Å². The average Bonchev–Trinajstić information content (AvgIpc) is 3.11. The Morgan fingerprint density at radius 2 is 1.96 bits per heavy atom. The summed E-state index contributed by atoms with van der Waals surface area (Å²) in [6.07, 6.45) is 0. The molecule has 2 unspecified atom stereocenters. The van der Waals surface area contributed by atoms with Gasteiger partial charge in [0.15, 0.2) is 5.82 Å². The van der Waals surface area contributed by atoms with Gasteiger partial charge in [0.25, 0.3) is 0 Å². The summed E-state index contributed by atoms with van der Waals surface area (Å²) < 4.78 is 1.55. The summed E-state index contributed by atoms with van der Waals surface area (Å²) in [4.78, 5) is 27.3. The highest BCUT2D eigenvalue weighted by Gasteiger charge is 2.38. The monoisotopic (exact) mass is 356 g/mol. The van der Waals surface area contributed by atoms with Gasteiger partial charge in [-0.3, -0.25) is 9.59 Å². The topological polar surface area (TPSA) is 93.0 Å². The van der Waals surface area contributed by atoms with Crippen LogP contribution < -0.4 is 5.32 Å². The van der Waals surface area contributed by atoms with E-state index in [0.717, 1.165) is 5.56 Å². The molecule has 138 valence electrons. The van der Waals surface area contributed by atoms with Crippen LogP contribution in [-0.2, 0) is 15.0 Å². The van der Waals surface area contributed by atoms with Gasteiger partial charge in [-0.05, 0) is 22.9 Å². The molecule has 0 spiro atoms. The normalized spacial score (nSPS) is 19.2. The molecule has 1 N–H and O–H groups in total. The Morgan fingerprint density at radius 3 is 2.62 bits per heavy atom. The molecule has 3 rings (SSSR count). The molecule has 1 aromatic carbocycles. The lowest BCUT2D eigenvalue weighted by molar-refractivity contribution is -0.146. The molecule has 8 heteroatoms. The van der Waals surface area contributed by atoms with Crippen molar-refractivity contribution in [1.82, 2.24) is 30.4 Å². The summed E-state index contributed by atoms with van der Waals surface area (Å²) in [6.45, 7) is 8.63. The van der Waals surface area contributed by atoms with Crippen molar-refractivity contribution in [2.45, 2.75) is 45.2 Å². The summed E-state index contributed by atoms with van der Waals surface area (Å²) in [5.41, 5.74) is 0.494. The molecule has 1 fully saturated rings. The van der Waals surface area contributed by atoms with E-state index in [1.54, 1.807) is 16.5 Å². The number of carbonyl (C=O) groups excluding carboxylic acids is 2. The molecule has 2 amide bonds. The maximum Gasteiger partial charge on any atom is 0.248 e. The van der Waals surface area contributed by atoms with Crippen molar-refractivity contribution < 1.29 is 9.59 Å². The molecular weight excluding hydrogens is 332 g/mol. The van der Waals surface area contributed by atoms with E-state index in [9.17, 15) is 9.59 Å². The Kier molecular flexibility index (Phi) is 4.76. The van der Waals surface area contributed by atoms with Crippen molar-refractivity contribution in [1.29, 1.82) is 0 Å². The van der Waals surface area contributed by atoms with Gasteiger partial charge in [-0.25, -0.2) is 4.68 Å². The first-order valence-corrected chi connectivity index (χ1v) is 8.72. The van der Waals surface area contributed by atoms with Crippen LogP contribution in [0.5, 0.6) is 0 Å². The predicted octanol–water partition coefficient (Wildman–Crippen LogP) is 1.23. The van der Waals surface area contributed by atoms with Crippen LogP contribution in [0.3, 0.4) is 0 Å². The summed E-state index contributed by atoms with van der Waals surface area (Å²) in [5.74, 6) is 0.290. The number of piperazine rings is 1. The van der Waals surface area contributed by atoms with Gasteiger partial charge in [-0.15, -0.1) is 5.10 Å². The van der Waals surface area contributed by atoms with Gasteiger partial charge in [0, 0.05) is 18.5 Å². The number of hydrogen-bond donors (Lipinski definition) is 1. The molecule has 0 radical (unpaired) electrons. The molecule has 2 aromatic rings. The van der Waals surface area contributed by atoms with E-state index in [2.05, 4.69) is 20.8 Å². The molecule has 2 heterocycles. The van der Waals surface area contributed by atoms with Crippen LogP contribution >= 0.6 is 0 Å². The van der Waals surface area contributed by atoms with Crippen LogP contribution in [0.2, 0.25) is 0 Å². The second-order valence-electron chi connectivity index (χ2n) is 7.51. The highest BCUT2D eigenvalue weighted by molar-refractivity contribution is 5.91. The van der Waals surface area contributed by atoms with Gasteiger partial charge in [0.2, 0.25) is 11.8 Å². The largest absolute Gasteiger partial charge is 0.352 e. The predicted molar refractivity (Wildman–Crippen MR) is 95.1 cm³/mol. The number of tetrazole rings is 1. The third kappa shape index (κ3) is 3.31. The van der Waals surface area contributed by atoms with Crippen molar-refractivity contribution in [3.05, 3.63) is 41.7 Å². The molecule has 26 heavy (non-hydrogen) atoms. The van der Waals surface area contributed by atoms with Crippen LogP contribution in [0.4, 0.5) is 0 Å². The Hall–Kier alpha value is -2.77. The van der Waals surface area contributed by atoms with Gasteiger partial charge < -0.3 is 10.2 Å². The first-order valence-electron chi connectivity index (χ1n) is 8.72. The van der Waals surface area contributed by atoms with Crippen molar-refractivity contribution in [3.8, 4) is 0 Å². The van der Waals surface area contributed by atoms with Crippen molar-refractivity contribution in [2.75, 3.05) is 13.1 Å². The SMILES string of the molecule is CC(C(=O)N1CCNC(=O)C1c1ccccc1)n1nnnc1C(C)(C)C. The molecule has 0 saturated carbocycles. The van der Waals surface area contributed by atoms with Gasteiger partial charge >= 0.3 is 0 Å². The summed E-state index contributed by atoms with van der Waals surface area (Å²) in [6, 6.07) is 8.09. The highest BCUT2D eigenvalue weighted by atomic mass is 16.2. The number of amides is 2. The lowest BCUT2D eigenvalue weighted by Gasteiger charge is -2.37. The van der Waals surface area contributed by atoms with E-state index in [1.807, 2.05) is 51.1 Å². The fourth-order valence-corrected chi connectivity index (χ4v) is 3.16. The smallest absolute Gasteiger partial charge is 0.248 e. The van der Waals surface area contributed by atoms with Crippen LogP contribution in [0.25, 0.3) is 0 Å². The molecule has 1 saturated heterocycles. The zero-order chi connectivity index (χ0) is 18.9. The van der Waals surface area contributed by atoms with Crippen LogP contribution in [-0.4, -0.2) is 50.0 Å². The highest BCUT2D eigenvalue weighted by Crippen LogP contribution is 2.27. The Bertz CT molecular complexity index is 796. The van der Waals surface area contributed by atoms with Gasteiger partial charge in [-0.2, -0.15) is 0 Å². The standard InChI is InChI=1S/C18H24N6O2/c1-12(24-17(18(2,3)4)20-21-22-24)16(26)23-11-10-19-15(25)14(23)13-8-6-5-7-9-13/h5-9,12,14H,10-11H2,1-4H3,(H,19,25). The van der Waals surface area contributed by atoms with E-state index in [1.165, 1.54) is 0 Å². The molecule has 1 aromatic heterocycles. The molecule has 1 aliphatic heterocycles. The first kappa shape index (κ1) is 18.0. The number of aromatic nitrogens is 4. The van der Waals surface area contributed by atoms with Crippen LogP contribution in [0, 0.1) is 0 Å². The number of carbonyl (C=O) groups is 2. The fraction of sp³-hybridized carbons (Fsp3) is 0.500. The van der Waals surface area contributed by atoms with E-state index in [0.29, 0.717) is 18.9 Å². The number of nitrogens with one attached hydrogen (secondary N) is 1. The first-order chi connectivity index (χ1) is 12.3. The fourth-order valence-electron chi connectivity index (χ4n) is 3.16. The van der Waals surface area contributed by atoms with E-state index in [4.69, 9.17) is 0 Å². The van der Waals surface area contributed by atoms with Crippen LogP contribution in [0.15, 0.2) is 30.3 Å². The molecule has 2 atom stereocenters. The number of nitrogens with zero attached hydrogens (tertiary/aromatic N) is 5. The lowest BCUT2D eigenvalue weighted by Crippen LogP contribution is -2.53. The van der Waals surface area contributed by atoms with Gasteiger partial charge in [0.1, 0.15) is 12.1 Å². The van der Waals surface area contributed by atoms with Gasteiger partial charge in [-0.1, -0.05) is 51.1 Å². The maximum atomic E-state index is 13.2. The molecule has 0 aliphatic carbocycles. The third-order valence-corrected chi connectivity index (χ3v) is 4.50. The third-order valence-electron chi connectivity index (χ3n) is 4.50. The number of rotatable bonds is 3. The Morgan fingerprint density at radius 1 is 1.27 bits per heavy atom. The van der Waals surface area contributed by atoms with E-state index in [-0.39, 0.29) is 17.2 Å². The van der Waals surface area contributed by atoms with Gasteiger partial charge in [0.05, 0.1) is 0 Å². The molecule has 1 aliphatic rings. The summed E-state index contributed by atoms with van der Waals surface area (Å²) in [7, 11) is 0. The lowest BCUT2D eigenvalue weighted by atomic mass is 9.95. The second kappa shape index (κ2) is 6.86. The molecule has 0 bridgehead atoms. The number of benzene rings is 1. The Labute approximate surface area is 152 Å². The zero-order valence-corrected chi connectivity index (χ0v) is 15.5. The Balaban J connectivity index is 1.92. The average molecular weight is 356 g/mol. The summed E-state index contributed by atoms with van der Waals surface area (Å²) in [5, 5.41) is 14.7. The quantitative estimate of drug-likeness (QED) is 0.893. The summed E-state index contributed by atoms with van der Waals surface area (Å²) >= 11 is 0. The minimum absolute atomic E-state index is 0.171. The molecule has 8 nitrogen and oxygen atoms in total. The zero-order valence-electron chi connectivity index (χ0n) is 15.5. The minimum Gasteiger partial charge on any atom is -0.352 e. The minimum atomic E-state index is -0.644. The second-order valence-corrected chi connectivity index (χ2v) is 7.51. The van der Waals surface area contributed by atoms with Crippen molar-refractivity contribution in [3.63, 3.8) is 0 Å².